The SMILES string of the molecule is CC(C)c1ccc(C(NC(=O)C2CC(F)CN2C(=O)Cc2n[nH]c(=O)[nH]2)c2ccccc2)nc1. The van der Waals surface area contributed by atoms with Gasteiger partial charge in [0, 0.05) is 12.6 Å². The van der Waals surface area contributed by atoms with Crippen LogP contribution in [0.4, 0.5) is 4.39 Å². The van der Waals surface area contributed by atoms with Crippen LogP contribution in [0.15, 0.2) is 53.5 Å². The second-order valence-corrected chi connectivity index (χ2v) is 8.72. The van der Waals surface area contributed by atoms with Crippen LogP contribution in [0.3, 0.4) is 0 Å². The third-order valence-corrected chi connectivity index (χ3v) is 5.93. The zero-order chi connectivity index (χ0) is 24.2. The van der Waals surface area contributed by atoms with E-state index in [9.17, 15) is 18.8 Å². The van der Waals surface area contributed by atoms with E-state index in [4.69, 9.17) is 0 Å². The first-order valence-corrected chi connectivity index (χ1v) is 11.2. The van der Waals surface area contributed by atoms with Gasteiger partial charge in [0.2, 0.25) is 11.8 Å². The lowest BCUT2D eigenvalue weighted by atomic mass is 10.00. The van der Waals surface area contributed by atoms with Gasteiger partial charge in [-0.15, -0.1) is 0 Å². The number of aromatic nitrogens is 4. The molecule has 3 heterocycles. The van der Waals surface area contributed by atoms with Crippen molar-refractivity contribution in [3.8, 4) is 0 Å². The number of pyridine rings is 1. The minimum Gasteiger partial charge on any atom is -0.342 e. The van der Waals surface area contributed by atoms with Crippen molar-refractivity contribution in [1.82, 2.24) is 30.4 Å². The maximum Gasteiger partial charge on any atom is 0.340 e. The van der Waals surface area contributed by atoms with E-state index in [1.54, 1.807) is 6.20 Å². The number of nitrogens with zero attached hydrogens (tertiary/aromatic N) is 3. The molecule has 0 radical (unpaired) electrons. The molecule has 4 rings (SSSR count). The average Bonchev–Trinajstić information content (AvgIpc) is 3.43. The molecule has 1 aliphatic rings. The Balaban J connectivity index is 1.56. The van der Waals surface area contributed by atoms with Crippen molar-refractivity contribution < 1.29 is 14.0 Å². The number of nitrogens with one attached hydrogen (secondary N) is 3. The van der Waals surface area contributed by atoms with Gasteiger partial charge in [0.15, 0.2) is 0 Å². The molecule has 9 nitrogen and oxygen atoms in total. The van der Waals surface area contributed by atoms with Crippen LogP contribution in [0.1, 0.15) is 54.9 Å². The highest BCUT2D eigenvalue weighted by atomic mass is 19.1. The van der Waals surface area contributed by atoms with E-state index in [2.05, 4.69) is 39.3 Å². The standard InChI is InChI=1S/C24H27FN6O3/c1-14(2)16-8-9-18(26-12-16)22(15-6-4-3-5-7-15)28-23(33)19-10-17(25)13-31(19)21(32)11-20-27-24(34)30-29-20/h3-9,12,14,17,19,22H,10-11,13H2,1-2H3,(H,28,33)(H2,27,29,30,34). The third kappa shape index (κ3) is 5.22. The van der Waals surface area contributed by atoms with Crippen LogP contribution in [-0.4, -0.2) is 55.6 Å². The summed E-state index contributed by atoms with van der Waals surface area (Å²) < 4.78 is 14.3. The average molecular weight is 467 g/mol. The van der Waals surface area contributed by atoms with Gasteiger partial charge in [0.05, 0.1) is 24.7 Å². The fourth-order valence-corrected chi connectivity index (χ4v) is 4.08. The zero-order valence-electron chi connectivity index (χ0n) is 19.0. The molecule has 1 aliphatic heterocycles. The first-order valence-electron chi connectivity index (χ1n) is 11.2. The maximum atomic E-state index is 14.3. The minimum atomic E-state index is -1.32. The normalized spacial score (nSPS) is 18.8. The largest absolute Gasteiger partial charge is 0.342 e. The summed E-state index contributed by atoms with van der Waals surface area (Å²) in [6, 6.07) is 11.7. The highest BCUT2D eigenvalue weighted by molar-refractivity contribution is 5.89. The van der Waals surface area contributed by atoms with Gasteiger partial charge in [-0.3, -0.25) is 19.6 Å². The van der Waals surface area contributed by atoms with Gasteiger partial charge in [-0.05, 0) is 23.1 Å². The number of benzene rings is 1. The number of H-pyrrole nitrogens is 2. The van der Waals surface area contributed by atoms with Crippen LogP contribution in [0, 0.1) is 0 Å². The van der Waals surface area contributed by atoms with E-state index in [0.717, 1.165) is 11.1 Å². The van der Waals surface area contributed by atoms with Crippen molar-refractivity contribution in [1.29, 1.82) is 0 Å². The van der Waals surface area contributed by atoms with Gasteiger partial charge < -0.3 is 10.2 Å². The monoisotopic (exact) mass is 466 g/mol. The number of rotatable bonds is 7. The van der Waals surface area contributed by atoms with Crippen LogP contribution in [-0.2, 0) is 16.0 Å². The molecule has 34 heavy (non-hydrogen) atoms. The topological polar surface area (TPSA) is 124 Å². The number of alkyl halides is 1. The number of aromatic amines is 2. The Labute approximate surface area is 195 Å². The molecule has 10 heteroatoms. The number of halogens is 1. The summed E-state index contributed by atoms with van der Waals surface area (Å²) in [5, 5.41) is 8.88. The highest BCUT2D eigenvalue weighted by Crippen LogP contribution is 2.26. The summed E-state index contributed by atoms with van der Waals surface area (Å²) in [7, 11) is 0. The molecule has 0 spiro atoms. The quantitative estimate of drug-likeness (QED) is 0.491. The van der Waals surface area contributed by atoms with Crippen molar-refractivity contribution in [2.75, 3.05) is 6.54 Å². The Morgan fingerprint density at radius 3 is 2.56 bits per heavy atom. The molecule has 3 unspecified atom stereocenters. The first kappa shape index (κ1) is 23.3. The van der Waals surface area contributed by atoms with E-state index in [1.165, 1.54) is 4.90 Å². The van der Waals surface area contributed by atoms with Crippen LogP contribution in [0.2, 0.25) is 0 Å². The summed E-state index contributed by atoms with van der Waals surface area (Å²) in [6.07, 6.45) is 0.123. The zero-order valence-corrected chi connectivity index (χ0v) is 19.0. The van der Waals surface area contributed by atoms with Crippen molar-refractivity contribution in [2.24, 2.45) is 0 Å². The lowest BCUT2D eigenvalue weighted by molar-refractivity contribution is -0.138. The lowest BCUT2D eigenvalue weighted by Gasteiger charge is -2.26. The summed E-state index contributed by atoms with van der Waals surface area (Å²) in [5.74, 6) is -0.505. The summed E-state index contributed by atoms with van der Waals surface area (Å²) >= 11 is 0. The fourth-order valence-electron chi connectivity index (χ4n) is 4.08. The predicted octanol–water partition coefficient (Wildman–Crippen LogP) is 2.00. The van der Waals surface area contributed by atoms with Gasteiger partial charge in [-0.25, -0.2) is 14.3 Å². The summed E-state index contributed by atoms with van der Waals surface area (Å²) in [5.41, 5.74) is 2.00. The van der Waals surface area contributed by atoms with Crippen LogP contribution < -0.4 is 11.0 Å². The number of hydrogen-bond donors (Lipinski definition) is 3. The van der Waals surface area contributed by atoms with Gasteiger partial charge in [-0.1, -0.05) is 50.2 Å². The summed E-state index contributed by atoms with van der Waals surface area (Å²) in [6.45, 7) is 3.96. The molecule has 0 bridgehead atoms. The molecular formula is C24H27FN6O3. The van der Waals surface area contributed by atoms with Crippen molar-refractivity contribution in [2.45, 2.75) is 50.9 Å². The van der Waals surface area contributed by atoms with Gasteiger partial charge in [-0.2, -0.15) is 5.10 Å². The molecule has 1 aromatic carbocycles. The Morgan fingerprint density at radius 2 is 1.94 bits per heavy atom. The molecule has 0 aliphatic carbocycles. The van der Waals surface area contributed by atoms with Crippen molar-refractivity contribution in [3.05, 3.63) is 81.8 Å². The fraction of sp³-hybridized carbons (Fsp3) is 0.375. The third-order valence-electron chi connectivity index (χ3n) is 5.93. The molecule has 3 N–H and O–H groups in total. The molecule has 3 atom stereocenters. The van der Waals surface area contributed by atoms with E-state index in [0.29, 0.717) is 11.6 Å². The van der Waals surface area contributed by atoms with Gasteiger partial charge in [0.1, 0.15) is 18.0 Å². The predicted molar refractivity (Wildman–Crippen MR) is 123 cm³/mol. The lowest BCUT2D eigenvalue weighted by Crippen LogP contribution is -2.47. The van der Waals surface area contributed by atoms with Gasteiger partial charge in [0.25, 0.3) is 0 Å². The molecule has 1 saturated heterocycles. The summed E-state index contributed by atoms with van der Waals surface area (Å²) in [4.78, 5) is 45.5. The van der Waals surface area contributed by atoms with Crippen LogP contribution in [0.5, 0.6) is 0 Å². The van der Waals surface area contributed by atoms with E-state index < -0.39 is 35.8 Å². The Morgan fingerprint density at radius 1 is 1.18 bits per heavy atom. The molecule has 0 saturated carbocycles. The Hall–Kier alpha value is -3.82. The Bertz CT molecular complexity index is 1190. The van der Waals surface area contributed by atoms with E-state index >= 15 is 0 Å². The highest BCUT2D eigenvalue weighted by Gasteiger charge is 2.40. The van der Waals surface area contributed by atoms with Gasteiger partial charge >= 0.3 is 5.69 Å². The number of carbonyl (C=O) groups is 2. The number of carbonyl (C=O) groups excluding carboxylic acids is 2. The number of amides is 2. The first-order chi connectivity index (χ1) is 16.3. The van der Waals surface area contributed by atoms with E-state index in [1.807, 2.05) is 42.5 Å². The molecule has 2 aromatic heterocycles. The van der Waals surface area contributed by atoms with Crippen molar-refractivity contribution >= 4 is 11.8 Å². The van der Waals surface area contributed by atoms with Crippen molar-refractivity contribution in [3.63, 3.8) is 0 Å². The van der Waals surface area contributed by atoms with Crippen LogP contribution in [0.25, 0.3) is 0 Å². The molecule has 1 fully saturated rings. The van der Waals surface area contributed by atoms with Crippen LogP contribution >= 0.6 is 0 Å². The second-order valence-electron chi connectivity index (χ2n) is 8.72. The molecule has 178 valence electrons. The molecular weight excluding hydrogens is 439 g/mol. The maximum absolute atomic E-state index is 14.3. The smallest absolute Gasteiger partial charge is 0.340 e. The number of likely N-dealkylation sites (tertiary alicyclic amines) is 1. The molecule has 2 amide bonds. The second kappa shape index (κ2) is 9.98. The molecule has 3 aromatic rings. The Kier molecular flexibility index (Phi) is 6.85. The minimum absolute atomic E-state index is 0.101. The van der Waals surface area contributed by atoms with E-state index in [-0.39, 0.29) is 25.2 Å². The number of hydrogen-bond acceptors (Lipinski definition) is 5.